The number of nitrogens with zero attached hydrogens (tertiary/aromatic N) is 4. The number of amides is 1. The van der Waals surface area contributed by atoms with E-state index < -0.39 is 5.82 Å². The minimum atomic E-state index is -0.425. The van der Waals surface area contributed by atoms with Gasteiger partial charge in [0.2, 0.25) is 0 Å². The maximum absolute atomic E-state index is 13.6. The number of H-pyrrole nitrogens is 1. The van der Waals surface area contributed by atoms with E-state index in [4.69, 9.17) is 4.74 Å². The van der Waals surface area contributed by atoms with Crippen molar-refractivity contribution in [3.05, 3.63) is 48.2 Å². The number of aromatic amines is 1. The van der Waals surface area contributed by atoms with Crippen molar-refractivity contribution in [3.63, 3.8) is 0 Å². The van der Waals surface area contributed by atoms with E-state index in [-0.39, 0.29) is 24.2 Å². The lowest BCUT2D eigenvalue weighted by atomic mass is 10.1. The van der Waals surface area contributed by atoms with Crippen LogP contribution in [0.2, 0.25) is 0 Å². The number of carbonyl (C=O) groups excluding carboxylic acids is 1. The van der Waals surface area contributed by atoms with Gasteiger partial charge in [-0.2, -0.15) is 0 Å². The number of ether oxygens (including phenoxy) is 1. The molecule has 0 saturated carbocycles. The molecule has 1 aliphatic heterocycles. The van der Waals surface area contributed by atoms with Crippen LogP contribution in [0, 0.1) is 35.4 Å². The summed E-state index contributed by atoms with van der Waals surface area (Å²) in [5, 5.41) is 0.742. The summed E-state index contributed by atoms with van der Waals surface area (Å²) < 4.78 is 18.9. The molecule has 1 fully saturated rings. The van der Waals surface area contributed by atoms with Crippen LogP contribution in [0.1, 0.15) is 19.0 Å². The molecule has 4 rings (SSSR count). The summed E-state index contributed by atoms with van der Waals surface area (Å²) in [6, 6.07) is 8.00. The first-order valence-electron chi connectivity index (χ1n) is 10.1. The molecule has 1 unspecified atom stereocenters. The SMILES string of the molecule is CC#CC(=O)N1CCC(/C=N/c2ncnc3[nH]c(C#CCOc4ccccc4F)cc23)C1. The minimum Gasteiger partial charge on any atom is -0.478 e. The van der Waals surface area contributed by atoms with E-state index in [9.17, 15) is 9.18 Å². The third-order valence-corrected chi connectivity index (χ3v) is 4.92. The second kappa shape index (κ2) is 9.76. The van der Waals surface area contributed by atoms with Crippen molar-refractivity contribution in [3.8, 4) is 29.4 Å². The predicted molar refractivity (Wildman–Crippen MR) is 119 cm³/mol. The Hall–Kier alpha value is -4.17. The molecule has 0 aliphatic carbocycles. The number of hydrogen-bond acceptors (Lipinski definition) is 5. The summed E-state index contributed by atoms with van der Waals surface area (Å²) in [6.45, 7) is 2.96. The Morgan fingerprint density at radius 3 is 3.12 bits per heavy atom. The lowest BCUT2D eigenvalue weighted by Crippen LogP contribution is -2.27. The van der Waals surface area contributed by atoms with E-state index in [0.717, 1.165) is 11.8 Å². The molecule has 3 aromatic rings. The number of halogens is 1. The van der Waals surface area contributed by atoms with Gasteiger partial charge in [-0.05, 0) is 43.4 Å². The number of fused-ring (bicyclic) bond motifs is 1. The highest BCUT2D eigenvalue weighted by Gasteiger charge is 2.24. The van der Waals surface area contributed by atoms with E-state index in [1.54, 1.807) is 30.0 Å². The quantitative estimate of drug-likeness (QED) is 0.510. The van der Waals surface area contributed by atoms with Crippen LogP contribution in [0.25, 0.3) is 11.0 Å². The maximum Gasteiger partial charge on any atom is 0.298 e. The highest BCUT2D eigenvalue weighted by Crippen LogP contribution is 2.23. The van der Waals surface area contributed by atoms with Crippen molar-refractivity contribution in [1.29, 1.82) is 0 Å². The number of carbonyl (C=O) groups is 1. The standard InChI is InChI=1S/C24H20FN5O2/c1-2-6-22(31)30-11-10-17(15-30)14-26-23-19-13-18(29-24(19)28-16-27-23)7-5-12-32-21-9-4-3-8-20(21)25/h3-4,8-9,13-14,16-17H,10-12,15H2,1H3,(H,27,28,29)/b26-14+. The van der Waals surface area contributed by atoms with Crippen molar-refractivity contribution in [2.75, 3.05) is 19.7 Å². The number of para-hydroxylation sites is 1. The zero-order valence-electron chi connectivity index (χ0n) is 17.4. The van der Waals surface area contributed by atoms with Crippen molar-refractivity contribution < 1.29 is 13.9 Å². The molecule has 1 saturated heterocycles. The molecule has 32 heavy (non-hydrogen) atoms. The highest BCUT2D eigenvalue weighted by molar-refractivity contribution is 5.94. The van der Waals surface area contributed by atoms with E-state index in [2.05, 4.69) is 43.6 Å². The lowest BCUT2D eigenvalue weighted by Gasteiger charge is -2.10. The first-order valence-corrected chi connectivity index (χ1v) is 10.1. The van der Waals surface area contributed by atoms with Gasteiger partial charge in [-0.3, -0.25) is 4.79 Å². The maximum atomic E-state index is 13.6. The Labute approximate surface area is 184 Å². The van der Waals surface area contributed by atoms with Crippen LogP contribution >= 0.6 is 0 Å². The first-order chi connectivity index (χ1) is 15.6. The van der Waals surface area contributed by atoms with Gasteiger partial charge < -0.3 is 14.6 Å². The Morgan fingerprint density at radius 1 is 1.41 bits per heavy atom. The molecule has 7 nitrogen and oxygen atoms in total. The van der Waals surface area contributed by atoms with Crippen molar-refractivity contribution in [2.45, 2.75) is 13.3 Å². The predicted octanol–water partition coefficient (Wildman–Crippen LogP) is 3.10. The molecule has 1 N–H and O–H groups in total. The number of aliphatic imine (C=N–C) groups is 1. The molecule has 1 aliphatic rings. The topological polar surface area (TPSA) is 83.5 Å². The van der Waals surface area contributed by atoms with Gasteiger partial charge in [0.05, 0.1) is 11.1 Å². The second-order valence-electron chi connectivity index (χ2n) is 7.12. The van der Waals surface area contributed by atoms with Crippen LogP contribution < -0.4 is 4.74 Å². The summed E-state index contributed by atoms with van der Waals surface area (Å²) in [5.41, 5.74) is 1.25. The number of benzene rings is 1. The molecule has 1 atom stereocenters. The Morgan fingerprint density at radius 2 is 2.28 bits per heavy atom. The molecule has 1 amide bonds. The van der Waals surface area contributed by atoms with Crippen molar-refractivity contribution in [1.82, 2.24) is 19.9 Å². The van der Waals surface area contributed by atoms with Gasteiger partial charge in [0.25, 0.3) is 5.91 Å². The fourth-order valence-corrected chi connectivity index (χ4v) is 3.36. The molecule has 160 valence electrons. The third kappa shape index (κ3) is 4.93. The average molecular weight is 429 g/mol. The van der Waals surface area contributed by atoms with Crippen molar-refractivity contribution >= 4 is 29.0 Å². The number of aromatic nitrogens is 3. The van der Waals surface area contributed by atoms with Crippen LogP contribution in [-0.4, -0.2) is 51.7 Å². The first kappa shape index (κ1) is 21.1. The second-order valence-corrected chi connectivity index (χ2v) is 7.12. The van der Waals surface area contributed by atoms with Gasteiger partial charge in [-0.1, -0.05) is 24.0 Å². The van der Waals surface area contributed by atoms with E-state index >= 15 is 0 Å². The minimum absolute atomic E-state index is 0.0479. The molecule has 8 heteroatoms. The van der Waals surface area contributed by atoms with Gasteiger partial charge >= 0.3 is 0 Å². The van der Waals surface area contributed by atoms with Gasteiger partial charge in [-0.15, -0.1) is 0 Å². The average Bonchev–Trinajstić information content (AvgIpc) is 3.44. The summed E-state index contributed by atoms with van der Waals surface area (Å²) in [4.78, 5) is 29.8. The zero-order chi connectivity index (χ0) is 22.3. The number of nitrogens with one attached hydrogen (secondary N) is 1. The fourth-order valence-electron chi connectivity index (χ4n) is 3.36. The molecule has 0 bridgehead atoms. The van der Waals surface area contributed by atoms with Crippen LogP contribution in [0.3, 0.4) is 0 Å². The van der Waals surface area contributed by atoms with Crippen LogP contribution in [0.15, 0.2) is 41.7 Å². The summed E-state index contributed by atoms with van der Waals surface area (Å²) in [7, 11) is 0. The van der Waals surface area contributed by atoms with Gasteiger partial charge in [0.1, 0.15) is 18.6 Å². The van der Waals surface area contributed by atoms with Crippen LogP contribution in [0.5, 0.6) is 5.75 Å². The molecular weight excluding hydrogens is 409 g/mol. The summed E-state index contributed by atoms with van der Waals surface area (Å²) in [6.07, 6.45) is 4.10. The Kier molecular flexibility index (Phi) is 6.43. The van der Waals surface area contributed by atoms with E-state index in [1.165, 1.54) is 12.4 Å². The number of likely N-dealkylation sites (tertiary alicyclic amines) is 1. The molecule has 0 radical (unpaired) electrons. The molecule has 0 spiro atoms. The summed E-state index contributed by atoms with van der Waals surface area (Å²) in [5.74, 6) is 11.3. The molecule has 3 heterocycles. The van der Waals surface area contributed by atoms with Gasteiger partial charge in [-0.25, -0.2) is 19.4 Å². The lowest BCUT2D eigenvalue weighted by molar-refractivity contribution is -0.124. The smallest absolute Gasteiger partial charge is 0.298 e. The molecule has 2 aromatic heterocycles. The number of hydrogen-bond donors (Lipinski definition) is 1. The van der Waals surface area contributed by atoms with Crippen LogP contribution in [-0.2, 0) is 4.79 Å². The van der Waals surface area contributed by atoms with E-state index in [0.29, 0.717) is 30.2 Å². The van der Waals surface area contributed by atoms with Crippen LogP contribution in [0.4, 0.5) is 10.2 Å². The third-order valence-electron chi connectivity index (χ3n) is 4.92. The monoisotopic (exact) mass is 429 g/mol. The number of rotatable bonds is 4. The van der Waals surface area contributed by atoms with Crippen molar-refractivity contribution in [2.24, 2.45) is 10.9 Å². The normalized spacial score (nSPS) is 15.3. The Balaban J connectivity index is 1.42. The van der Waals surface area contributed by atoms with Gasteiger partial charge in [0.15, 0.2) is 17.4 Å². The highest BCUT2D eigenvalue weighted by atomic mass is 19.1. The largest absolute Gasteiger partial charge is 0.478 e. The molecular formula is C24H20FN5O2. The Bertz CT molecular complexity index is 1290. The van der Waals surface area contributed by atoms with E-state index in [1.807, 2.05) is 12.3 Å². The van der Waals surface area contributed by atoms with Gasteiger partial charge in [0, 0.05) is 25.2 Å². The molecule has 1 aromatic carbocycles. The fraction of sp³-hybridized carbons (Fsp3) is 0.250. The zero-order valence-corrected chi connectivity index (χ0v) is 17.4. The summed E-state index contributed by atoms with van der Waals surface area (Å²) >= 11 is 0.